The van der Waals surface area contributed by atoms with E-state index in [-0.39, 0.29) is 19.0 Å². The number of nitrogens with zero attached hydrogens (tertiary/aromatic N) is 1. The van der Waals surface area contributed by atoms with Crippen LogP contribution in [0.2, 0.25) is 0 Å². The van der Waals surface area contributed by atoms with E-state index in [0.717, 1.165) is 16.9 Å². The number of carbonyl (C=O) groups excluding carboxylic acids is 1. The number of aliphatic hydroxyl groups is 2. The van der Waals surface area contributed by atoms with Crippen molar-refractivity contribution >= 4 is 5.91 Å². The summed E-state index contributed by atoms with van der Waals surface area (Å²) in [6.07, 6.45) is -0.364. The van der Waals surface area contributed by atoms with Crippen LogP contribution in [-0.4, -0.2) is 59.5 Å². The van der Waals surface area contributed by atoms with Gasteiger partial charge in [-0.25, -0.2) is 0 Å². The van der Waals surface area contributed by atoms with Crippen molar-refractivity contribution in [3.63, 3.8) is 0 Å². The molecule has 3 N–H and O–H groups in total. The van der Waals surface area contributed by atoms with Gasteiger partial charge in [0, 0.05) is 31.7 Å². The van der Waals surface area contributed by atoms with Crippen LogP contribution >= 0.6 is 0 Å². The van der Waals surface area contributed by atoms with Gasteiger partial charge in [0.05, 0.1) is 13.5 Å². The Kier molecular flexibility index (Phi) is 6.67. The van der Waals surface area contributed by atoms with Crippen LogP contribution in [-0.2, 0) is 17.8 Å². The molecular weight excluding hydrogens is 356 g/mol. The average Bonchev–Trinajstić information content (AvgIpc) is 2.71. The van der Waals surface area contributed by atoms with Crippen LogP contribution in [0.3, 0.4) is 0 Å². The Morgan fingerprint density at radius 1 is 1.21 bits per heavy atom. The zero-order valence-electron chi connectivity index (χ0n) is 16.2. The number of amides is 1. The molecule has 2 aromatic rings. The predicted molar refractivity (Wildman–Crippen MR) is 107 cm³/mol. The highest BCUT2D eigenvalue weighted by Gasteiger charge is 2.41. The first-order chi connectivity index (χ1) is 13.5. The quantitative estimate of drug-likeness (QED) is 0.671. The Bertz CT molecular complexity index is 783. The first kappa shape index (κ1) is 20.3. The van der Waals surface area contributed by atoms with E-state index in [1.54, 1.807) is 12.0 Å². The number of nitrogens with one attached hydrogen (secondary N) is 1. The number of likely N-dealkylation sites (tertiary alicyclic amines) is 1. The van der Waals surface area contributed by atoms with Gasteiger partial charge in [-0.1, -0.05) is 48.5 Å². The van der Waals surface area contributed by atoms with Gasteiger partial charge < -0.3 is 25.2 Å². The van der Waals surface area contributed by atoms with E-state index in [0.29, 0.717) is 25.9 Å². The fourth-order valence-corrected chi connectivity index (χ4v) is 3.54. The first-order valence-electron chi connectivity index (χ1n) is 9.56. The van der Waals surface area contributed by atoms with Gasteiger partial charge in [0.1, 0.15) is 17.5 Å². The summed E-state index contributed by atoms with van der Waals surface area (Å²) in [5, 5.41) is 24.6. The van der Waals surface area contributed by atoms with Crippen molar-refractivity contribution in [3.8, 4) is 5.75 Å². The Balaban J connectivity index is 1.51. The molecule has 6 heteroatoms. The van der Waals surface area contributed by atoms with E-state index >= 15 is 0 Å². The lowest BCUT2D eigenvalue weighted by Crippen LogP contribution is -2.60. The normalized spacial score (nSPS) is 22.1. The zero-order valence-corrected chi connectivity index (χ0v) is 16.2. The third-order valence-electron chi connectivity index (χ3n) is 5.32. The van der Waals surface area contributed by atoms with Crippen molar-refractivity contribution in [1.82, 2.24) is 10.2 Å². The molecule has 1 saturated heterocycles. The summed E-state index contributed by atoms with van der Waals surface area (Å²) < 4.78 is 5.33. The lowest BCUT2D eigenvalue weighted by Gasteiger charge is -2.42. The monoisotopic (exact) mass is 384 g/mol. The summed E-state index contributed by atoms with van der Waals surface area (Å²) in [6, 6.07) is 17.2. The van der Waals surface area contributed by atoms with Crippen LogP contribution in [0.25, 0.3) is 0 Å². The van der Waals surface area contributed by atoms with Crippen LogP contribution in [0.4, 0.5) is 0 Å². The van der Waals surface area contributed by atoms with Gasteiger partial charge in [-0.15, -0.1) is 0 Å². The van der Waals surface area contributed by atoms with Crippen LogP contribution in [0.5, 0.6) is 5.75 Å². The van der Waals surface area contributed by atoms with E-state index in [2.05, 4.69) is 5.32 Å². The maximum Gasteiger partial charge on any atom is 0.227 e. The molecule has 0 spiro atoms. The first-order valence-corrected chi connectivity index (χ1v) is 9.56. The van der Waals surface area contributed by atoms with Gasteiger partial charge in [-0.2, -0.15) is 0 Å². The van der Waals surface area contributed by atoms with Crippen LogP contribution < -0.4 is 10.1 Å². The van der Waals surface area contributed by atoms with Crippen LogP contribution in [0.1, 0.15) is 17.5 Å². The number of carbonyl (C=O) groups is 1. The highest BCUT2D eigenvalue weighted by molar-refractivity contribution is 5.79. The molecule has 150 valence electrons. The van der Waals surface area contributed by atoms with Gasteiger partial charge in [-0.05, 0) is 18.1 Å². The molecule has 1 amide bonds. The summed E-state index contributed by atoms with van der Waals surface area (Å²) in [7, 11) is 1.62. The topological polar surface area (TPSA) is 82.0 Å². The van der Waals surface area contributed by atoms with Gasteiger partial charge in [-0.3, -0.25) is 4.79 Å². The average molecular weight is 384 g/mol. The minimum Gasteiger partial charge on any atom is -0.496 e. The number of piperidine rings is 1. The van der Waals surface area contributed by atoms with E-state index in [9.17, 15) is 15.0 Å². The SMILES string of the molecule is COc1ccccc1CNC[C@@]1(O)CCN(C(=O)Cc2ccccc2)C[C@@H]1O. The van der Waals surface area contributed by atoms with Crippen molar-refractivity contribution in [1.29, 1.82) is 0 Å². The minimum atomic E-state index is -1.26. The summed E-state index contributed by atoms with van der Waals surface area (Å²) in [4.78, 5) is 14.1. The second-order valence-corrected chi connectivity index (χ2v) is 7.29. The standard InChI is InChI=1S/C22H28N2O4/c1-28-19-10-6-5-9-18(19)14-23-16-22(27)11-12-24(15-20(22)25)21(26)13-17-7-3-2-4-8-17/h2-10,20,23,25,27H,11-16H2,1H3/t20-,22-/m0/s1. The second-order valence-electron chi connectivity index (χ2n) is 7.29. The van der Waals surface area contributed by atoms with E-state index in [1.807, 2.05) is 54.6 Å². The maximum absolute atomic E-state index is 12.5. The molecule has 3 rings (SSSR count). The van der Waals surface area contributed by atoms with E-state index < -0.39 is 11.7 Å². The lowest BCUT2D eigenvalue weighted by atomic mass is 9.88. The lowest BCUT2D eigenvalue weighted by molar-refractivity contribution is -0.148. The molecule has 0 bridgehead atoms. The molecule has 1 heterocycles. The Hall–Kier alpha value is -2.41. The summed E-state index contributed by atoms with van der Waals surface area (Å²) in [5.74, 6) is 0.748. The number of rotatable bonds is 7. The van der Waals surface area contributed by atoms with Gasteiger partial charge in [0.2, 0.25) is 5.91 Å². The molecule has 0 saturated carbocycles. The molecule has 1 fully saturated rings. The molecule has 1 aliphatic rings. The molecule has 0 aromatic heterocycles. The highest BCUT2D eigenvalue weighted by Crippen LogP contribution is 2.24. The molecule has 6 nitrogen and oxygen atoms in total. The van der Waals surface area contributed by atoms with Gasteiger partial charge >= 0.3 is 0 Å². The Morgan fingerprint density at radius 2 is 1.93 bits per heavy atom. The van der Waals surface area contributed by atoms with Crippen molar-refractivity contribution in [2.45, 2.75) is 31.1 Å². The predicted octanol–water partition coefficient (Wildman–Crippen LogP) is 1.35. The fourth-order valence-electron chi connectivity index (χ4n) is 3.54. The molecule has 1 aliphatic heterocycles. The number of aliphatic hydroxyl groups excluding tert-OH is 1. The summed E-state index contributed by atoms with van der Waals surface area (Å²) >= 11 is 0. The summed E-state index contributed by atoms with van der Waals surface area (Å²) in [5.41, 5.74) is 0.672. The third kappa shape index (κ3) is 4.90. The largest absolute Gasteiger partial charge is 0.496 e. The fraction of sp³-hybridized carbons (Fsp3) is 0.409. The van der Waals surface area contributed by atoms with E-state index in [4.69, 9.17) is 4.74 Å². The second kappa shape index (κ2) is 9.19. The number of methoxy groups -OCH3 is 1. The Morgan fingerprint density at radius 3 is 2.64 bits per heavy atom. The van der Waals surface area contributed by atoms with Crippen LogP contribution in [0.15, 0.2) is 54.6 Å². The van der Waals surface area contributed by atoms with Crippen molar-refractivity contribution in [2.24, 2.45) is 0 Å². The number of benzene rings is 2. The zero-order chi connectivity index (χ0) is 20.0. The number of ether oxygens (including phenoxy) is 1. The third-order valence-corrected chi connectivity index (χ3v) is 5.32. The maximum atomic E-state index is 12.5. The molecule has 2 atom stereocenters. The Labute approximate surface area is 165 Å². The molecule has 0 radical (unpaired) electrons. The van der Waals surface area contributed by atoms with Crippen molar-refractivity contribution in [3.05, 3.63) is 65.7 Å². The van der Waals surface area contributed by atoms with E-state index in [1.165, 1.54) is 0 Å². The number of hydrogen-bond donors (Lipinski definition) is 3. The molecule has 0 unspecified atom stereocenters. The van der Waals surface area contributed by atoms with Gasteiger partial charge in [0.25, 0.3) is 0 Å². The van der Waals surface area contributed by atoms with Gasteiger partial charge in [0.15, 0.2) is 0 Å². The molecular formula is C22H28N2O4. The number of para-hydroxylation sites is 1. The van der Waals surface area contributed by atoms with Crippen molar-refractivity contribution in [2.75, 3.05) is 26.7 Å². The number of hydrogen-bond acceptors (Lipinski definition) is 5. The van der Waals surface area contributed by atoms with Crippen LogP contribution in [0, 0.1) is 0 Å². The smallest absolute Gasteiger partial charge is 0.227 e. The molecule has 28 heavy (non-hydrogen) atoms. The molecule has 2 aromatic carbocycles. The number of β-amino-alcohol motifs (C(OH)–C–C–N with tert-alkyl or cyclic N) is 1. The van der Waals surface area contributed by atoms with Crippen molar-refractivity contribution < 1.29 is 19.7 Å². The summed E-state index contributed by atoms with van der Waals surface area (Å²) in [6.45, 7) is 1.33. The highest BCUT2D eigenvalue weighted by atomic mass is 16.5. The minimum absolute atomic E-state index is 0.0331. The molecule has 0 aliphatic carbocycles.